The standard InChI is InChI=1S/C21H20N4O4/c1-13-12-18(14(2)29-13)20(27)25-24-19(26)15-8-10-17(11-9-15)23-21(28)22-16-6-4-3-5-7-16/h3-12H,1-2H3,(H,24,26)(H,25,27)(H2,22,23,28). The number of urea groups is 1. The lowest BCUT2D eigenvalue weighted by molar-refractivity contribution is 0.0845. The second-order valence-electron chi connectivity index (χ2n) is 6.26. The quantitative estimate of drug-likeness (QED) is 0.508. The van der Waals surface area contributed by atoms with Crippen LogP contribution in [0.4, 0.5) is 16.2 Å². The van der Waals surface area contributed by atoms with E-state index in [0.29, 0.717) is 34.0 Å². The molecule has 4 N–H and O–H groups in total. The SMILES string of the molecule is Cc1cc(C(=O)NNC(=O)c2ccc(NC(=O)Nc3ccccc3)cc2)c(C)o1. The van der Waals surface area contributed by atoms with E-state index in [2.05, 4.69) is 21.5 Å². The van der Waals surface area contributed by atoms with Gasteiger partial charge in [-0.3, -0.25) is 20.4 Å². The largest absolute Gasteiger partial charge is 0.466 e. The summed E-state index contributed by atoms with van der Waals surface area (Å²) in [5.74, 6) is 0.122. The Morgan fingerprint density at radius 1 is 0.759 bits per heavy atom. The van der Waals surface area contributed by atoms with Crippen LogP contribution in [0, 0.1) is 13.8 Å². The maximum atomic E-state index is 12.2. The van der Waals surface area contributed by atoms with E-state index in [0.717, 1.165) is 0 Å². The molecule has 0 aliphatic heterocycles. The van der Waals surface area contributed by atoms with Crippen LogP contribution in [0.5, 0.6) is 0 Å². The summed E-state index contributed by atoms with van der Waals surface area (Å²) in [6.45, 7) is 3.40. The zero-order valence-corrected chi connectivity index (χ0v) is 15.9. The van der Waals surface area contributed by atoms with Crippen molar-refractivity contribution in [3.63, 3.8) is 0 Å². The van der Waals surface area contributed by atoms with E-state index >= 15 is 0 Å². The minimum atomic E-state index is -0.489. The average molecular weight is 392 g/mol. The number of carbonyl (C=O) groups excluding carboxylic acids is 3. The topological polar surface area (TPSA) is 112 Å². The van der Waals surface area contributed by atoms with E-state index in [1.807, 2.05) is 18.2 Å². The zero-order valence-electron chi connectivity index (χ0n) is 15.9. The molecule has 0 atom stereocenters. The number of hydrogen-bond acceptors (Lipinski definition) is 4. The number of rotatable bonds is 4. The Balaban J connectivity index is 1.52. The maximum Gasteiger partial charge on any atom is 0.323 e. The van der Waals surface area contributed by atoms with Crippen molar-refractivity contribution in [3.05, 3.63) is 83.3 Å². The van der Waals surface area contributed by atoms with Crippen LogP contribution < -0.4 is 21.5 Å². The van der Waals surface area contributed by atoms with Crippen molar-refractivity contribution in [1.29, 1.82) is 0 Å². The van der Waals surface area contributed by atoms with Crippen LogP contribution in [0.25, 0.3) is 0 Å². The van der Waals surface area contributed by atoms with E-state index in [4.69, 9.17) is 4.42 Å². The number of aryl methyl sites for hydroxylation is 2. The highest BCUT2D eigenvalue weighted by Gasteiger charge is 2.14. The van der Waals surface area contributed by atoms with Gasteiger partial charge in [0.25, 0.3) is 11.8 Å². The predicted molar refractivity (Wildman–Crippen MR) is 109 cm³/mol. The molecule has 0 radical (unpaired) electrons. The Kier molecular flexibility index (Phi) is 5.94. The second-order valence-corrected chi connectivity index (χ2v) is 6.26. The Bertz CT molecular complexity index is 1030. The van der Waals surface area contributed by atoms with Crippen molar-refractivity contribution >= 4 is 29.2 Å². The van der Waals surface area contributed by atoms with Crippen LogP contribution in [-0.2, 0) is 0 Å². The summed E-state index contributed by atoms with van der Waals surface area (Å²) in [6, 6.07) is 16.5. The minimum Gasteiger partial charge on any atom is -0.466 e. The summed E-state index contributed by atoms with van der Waals surface area (Å²) >= 11 is 0. The molecule has 0 aliphatic carbocycles. The average Bonchev–Trinajstić information content (AvgIpc) is 3.05. The number of carbonyl (C=O) groups is 3. The maximum absolute atomic E-state index is 12.2. The molecule has 0 saturated heterocycles. The molecule has 0 unspecified atom stereocenters. The second kappa shape index (κ2) is 8.75. The first-order chi connectivity index (χ1) is 13.9. The van der Waals surface area contributed by atoms with Gasteiger partial charge in [0.1, 0.15) is 11.5 Å². The molecule has 148 valence electrons. The number of furan rings is 1. The first-order valence-electron chi connectivity index (χ1n) is 8.83. The molecule has 8 heteroatoms. The molecule has 4 amide bonds. The molecule has 29 heavy (non-hydrogen) atoms. The lowest BCUT2D eigenvalue weighted by atomic mass is 10.2. The zero-order chi connectivity index (χ0) is 20.8. The normalized spacial score (nSPS) is 10.1. The first kappa shape index (κ1) is 19.7. The van der Waals surface area contributed by atoms with Gasteiger partial charge in [0, 0.05) is 16.9 Å². The molecule has 2 aromatic carbocycles. The molecule has 1 heterocycles. The molecular weight excluding hydrogens is 372 g/mol. The Labute approximate surface area is 167 Å². The molecule has 1 aromatic heterocycles. The summed E-state index contributed by atoms with van der Waals surface area (Å²) in [5, 5.41) is 5.37. The van der Waals surface area contributed by atoms with Crippen molar-refractivity contribution < 1.29 is 18.8 Å². The van der Waals surface area contributed by atoms with E-state index in [1.54, 1.807) is 44.2 Å². The summed E-state index contributed by atoms with van der Waals surface area (Å²) in [6.07, 6.45) is 0. The van der Waals surface area contributed by atoms with Gasteiger partial charge in [-0.25, -0.2) is 4.79 Å². The molecule has 8 nitrogen and oxygen atoms in total. The number of nitrogens with one attached hydrogen (secondary N) is 4. The van der Waals surface area contributed by atoms with Crippen LogP contribution in [0.1, 0.15) is 32.2 Å². The number of hydrazine groups is 1. The van der Waals surface area contributed by atoms with Crippen molar-refractivity contribution in [2.45, 2.75) is 13.8 Å². The molecular formula is C21H20N4O4. The van der Waals surface area contributed by atoms with E-state index in [1.165, 1.54) is 12.1 Å². The number of para-hydroxylation sites is 1. The van der Waals surface area contributed by atoms with Crippen LogP contribution in [0.15, 0.2) is 65.1 Å². The molecule has 0 fully saturated rings. The van der Waals surface area contributed by atoms with Crippen LogP contribution in [0.2, 0.25) is 0 Å². The van der Waals surface area contributed by atoms with E-state index < -0.39 is 17.8 Å². The van der Waals surface area contributed by atoms with Gasteiger partial charge in [0.05, 0.1) is 5.56 Å². The van der Waals surface area contributed by atoms with E-state index in [9.17, 15) is 14.4 Å². The fourth-order valence-corrected chi connectivity index (χ4v) is 2.63. The number of benzene rings is 2. The Morgan fingerprint density at radius 2 is 1.34 bits per heavy atom. The van der Waals surface area contributed by atoms with Gasteiger partial charge in [-0.1, -0.05) is 18.2 Å². The molecule has 0 bridgehead atoms. The van der Waals surface area contributed by atoms with Gasteiger partial charge in [-0.15, -0.1) is 0 Å². The fourth-order valence-electron chi connectivity index (χ4n) is 2.63. The highest BCUT2D eigenvalue weighted by molar-refractivity contribution is 6.01. The minimum absolute atomic E-state index is 0.319. The monoisotopic (exact) mass is 392 g/mol. The van der Waals surface area contributed by atoms with Gasteiger partial charge >= 0.3 is 6.03 Å². The summed E-state index contributed by atoms with van der Waals surface area (Å²) < 4.78 is 5.30. The third kappa shape index (κ3) is 5.23. The summed E-state index contributed by atoms with van der Waals surface area (Å²) in [5.41, 5.74) is 6.55. The Morgan fingerprint density at radius 3 is 1.93 bits per heavy atom. The predicted octanol–water partition coefficient (Wildman–Crippen LogP) is 3.62. The van der Waals surface area contributed by atoms with Crippen LogP contribution in [0.3, 0.4) is 0 Å². The molecule has 0 saturated carbocycles. The molecule has 0 aliphatic rings. The van der Waals surface area contributed by atoms with Crippen molar-refractivity contribution in [1.82, 2.24) is 10.9 Å². The highest BCUT2D eigenvalue weighted by Crippen LogP contribution is 2.13. The third-order valence-electron chi connectivity index (χ3n) is 4.01. The molecule has 0 spiro atoms. The van der Waals surface area contributed by atoms with Crippen LogP contribution >= 0.6 is 0 Å². The highest BCUT2D eigenvalue weighted by atomic mass is 16.3. The first-order valence-corrected chi connectivity index (χ1v) is 8.83. The summed E-state index contributed by atoms with van der Waals surface area (Å²) in [7, 11) is 0. The number of amides is 4. The fraction of sp³-hybridized carbons (Fsp3) is 0.0952. The third-order valence-corrected chi connectivity index (χ3v) is 4.01. The lowest BCUT2D eigenvalue weighted by Crippen LogP contribution is -2.41. The number of anilines is 2. The van der Waals surface area contributed by atoms with Crippen LogP contribution in [-0.4, -0.2) is 17.8 Å². The lowest BCUT2D eigenvalue weighted by Gasteiger charge is -2.09. The number of hydrogen-bond donors (Lipinski definition) is 4. The van der Waals surface area contributed by atoms with Gasteiger partial charge in [0.2, 0.25) is 0 Å². The molecule has 3 rings (SSSR count). The van der Waals surface area contributed by atoms with Gasteiger partial charge in [-0.2, -0.15) is 0 Å². The summed E-state index contributed by atoms with van der Waals surface area (Å²) in [4.78, 5) is 36.3. The molecule has 3 aromatic rings. The van der Waals surface area contributed by atoms with Gasteiger partial charge in [-0.05, 0) is 56.3 Å². The Hall–Kier alpha value is -4.07. The van der Waals surface area contributed by atoms with E-state index in [-0.39, 0.29) is 0 Å². The smallest absolute Gasteiger partial charge is 0.323 e. The van der Waals surface area contributed by atoms with Crippen molar-refractivity contribution in [2.24, 2.45) is 0 Å². The van der Waals surface area contributed by atoms with Crippen molar-refractivity contribution in [3.8, 4) is 0 Å². The van der Waals surface area contributed by atoms with Crippen molar-refractivity contribution in [2.75, 3.05) is 10.6 Å². The van der Waals surface area contributed by atoms with Gasteiger partial charge in [0.15, 0.2) is 0 Å². The van der Waals surface area contributed by atoms with Gasteiger partial charge < -0.3 is 15.1 Å².